The Kier molecular flexibility index (Phi) is 4.10. The van der Waals surface area contributed by atoms with E-state index in [9.17, 15) is 13.2 Å². The average Bonchev–Trinajstić information content (AvgIpc) is 2.95. The van der Waals surface area contributed by atoms with Crippen molar-refractivity contribution in [2.24, 2.45) is 5.92 Å². The van der Waals surface area contributed by atoms with Gasteiger partial charge in [-0.3, -0.25) is 4.79 Å². The van der Waals surface area contributed by atoms with E-state index < -0.39 is 21.8 Å². The van der Waals surface area contributed by atoms with E-state index >= 15 is 0 Å². The van der Waals surface area contributed by atoms with E-state index in [0.29, 0.717) is 0 Å². The van der Waals surface area contributed by atoms with Crippen molar-refractivity contribution in [3.05, 3.63) is 0 Å². The van der Waals surface area contributed by atoms with E-state index in [2.05, 4.69) is 5.32 Å². The molecule has 1 saturated carbocycles. The Hall–Kier alpha value is -0.620. The third-order valence-corrected chi connectivity index (χ3v) is 4.28. The molecule has 1 unspecified atom stereocenters. The third-order valence-electron chi connectivity index (χ3n) is 2.58. The molecule has 0 radical (unpaired) electrons. The lowest BCUT2D eigenvalue weighted by Crippen LogP contribution is -2.41. The molecule has 0 aromatic carbocycles. The average molecular weight is 235 g/mol. The maximum absolute atomic E-state index is 11.1. The highest BCUT2D eigenvalue weighted by atomic mass is 32.2. The van der Waals surface area contributed by atoms with Gasteiger partial charge in [-0.15, -0.1) is 0 Å². The fraction of sp³-hybridized carbons (Fsp3) is 0.889. The van der Waals surface area contributed by atoms with Crippen LogP contribution in [0.1, 0.15) is 19.8 Å². The summed E-state index contributed by atoms with van der Waals surface area (Å²) in [6.45, 7) is 1.81. The highest BCUT2D eigenvalue weighted by molar-refractivity contribution is 7.91. The molecule has 6 heteroatoms. The van der Waals surface area contributed by atoms with E-state index in [1.807, 2.05) is 0 Å². The first-order chi connectivity index (χ1) is 6.96. The fourth-order valence-electron chi connectivity index (χ4n) is 1.40. The minimum atomic E-state index is -3.00. The lowest BCUT2D eigenvalue weighted by molar-refractivity contribution is -0.140. The Bertz CT molecular complexity index is 321. The summed E-state index contributed by atoms with van der Waals surface area (Å²) in [5.41, 5.74) is 0. The number of carbonyl (C=O) groups is 1. The van der Waals surface area contributed by atoms with Crippen molar-refractivity contribution < 1.29 is 18.3 Å². The number of hydrogen-bond acceptors (Lipinski definition) is 4. The molecule has 88 valence electrons. The summed E-state index contributed by atoms with van der Waals surface area (Å²) in [5, 5.41) is 11.7. The summed E-state index contributed by atoms with van der Waals surface area (Å²) in [6, 6.07) is -0.572. The number of sulfone groups is 1. The summed E-state index contributed by atoms with van der Waals surface area (Å²) >= 11 is 0. The van der Waals surface area contributed by atoms with E-state index in [-0.39, 0.29) is 24.0 Å². The van der Waals surface area contributed by atoms with E-state index in [4.69, 9.17) is 5.11 Å². The van der Waals surface area contributed by atoms with E-state index in [1.165, 1.54) is 0 Å². The van der Waals surface area contributed by atoms with Crippen LogP contribution in [0.3, 0.4) is 0 Å². The van der Waals surface area contributed by atoms with Gasteiger partial charge in [0.1, 0.15) is 6.04 Å². The van der Waals surface area contributed by atoms with Gasteiger partial charge in [0.2, 0.25) is 0 Å². The highest BCUT2D eigenvalue weighted by Crippen LogP contribution is 2.32. The van der Waals surface area contributed by atoms with Crippen LogP contribution in [0.2, 0.25) is 0 Å². The number of rotatable bonds is 7. The van der Waals surface area contributed by atoms with Crippen molar-refractivity contribution in [3.8, 4) is 0 Å². The second-order valence-corrected chi connectivity index (χ2v) is 6.32. The van der Waals surface area contributed by atoms with Crippen molar-refractivity contribution in [2.75, 3.05) is 18.1 Å². The van der Waals surface area contributed by atoms with Crippen LogP contribution in [0.4, 0.5) is 0 Å². The van der Waals surface area contributed by atoms with Crippen molar-refractivity contribution in [1.29, 1.82) is 0 Å². The second kappa shape index (κ2) is 4.94. The molecule has 1 atom stereocenters. The zero-order valence-corrected chi connectivity index (χ0v) is 9.59. The molecule has 1 aliphatic rings. The number of carboxylic acids is 1. The van der Waals surface area contributed by atoms with Gasteiger partial charge in [-0.1, -0.05) is 6.92 Å². The minimum Gasteiger partial charge on any atom is -0.480 e. The first-order valence-corrected chi connectivity index (χ1v) is 6.95. The van der Waals surface area contributed by atoms with Gasteiger partial charge in [0.05, 0.1) is 5.75 Å². The fourth-order valence-corrected chi connectivity index (χ4v) is 2.12. The lowest BCUT2D eigenvalue weighted by Gasteiger charge is -2.12. The van der Waals surface area contributed by atoms with Crippen LogP contribution in [0.5, 0.6) is 0 Å². The lowest BCUT2D eigenvalue weighted by atomic mass is 10.2. The molecular formula is C9H17NO4S. The standard InChI is InChI=1S/C9H17NO4S/c1-2-15(13,14)6-5-10-8(9(11)12)7-3-4-7/h7-8,10H,2-6H2,1H3,(H,11,12). The molecule has 0 aliphatic heterocycles. The van der Waals surface area contributed by atoms with E-state index in [0.717, 1.165) is 12.8 Å². The summed E-state index contributed by atoms with van der Waals surface area (Å²) in [7, 11) is -3.00. The molecule has 15 heavy (non-hydrogen) atoms. The van der Waals surface area contributed by atoms with Gasteiger partial charge < -0.3 is 10.4 Å². The SMILES string of the molecule is CCS(=O)(=O)CCNC(C(=O)O)C1CC1. The zero-order valence-electron chi connectivity index (χ0n) is 8.77. The largest absolute Gasteiger partial charge is 0.480 e. The summed E-state index contributed by atoms with van der Waals surface area (Å²) in [4.78, 5) is 10.8. The maximum atomic E-state index is 11.1. The van der Waals surface area contributed by atoms with Gasteiger partial charge in [0.25, 0.3) is 0 Å². The molecule has 1 aliphatic carbocycles. The molecule has 1 fully saturated rings. The smallest absolute Gasteiger partial charge is 0.320 e. The molecular weight excluding hydrogens is 218 g/mol. The molecule has 0 heterocycles. The van der Waals surface area contributed by atoms with Gasteiger partial charge in [-0.25, -0.2) is 8.42 Å². The van der Waals surface area contributed by atoms with Gasteiger partial charge in [-0.2, -0.15) is 0 Å². The summed E-state index contributed by atoms with van der Waals surface area (Å²) < 4.78 is 22.3. The minimum absolute atomic E-state index is 0.0139. The first-order valence-electron chi connectivity index (χ1n) is 5.13. The summed E-state index contributed by atoms with van der Waals surface area (Å²) in [5.74, 6) is -0.575. The van der Waals surface area contributed by atoms with Gasteiger partial charge in [0.15, 0.2) is 9.84 Å². The molecule has 5 nitrogen and oxygen atoms in total. The molecule has 0 saturated heterocycles. The normalized spacial score (nSPS) is 18.7. The molecule has 0 spiro atoms. The Balaban J connectivity index is 2.32. The van der Waals surface area contributed by atoms with Crippen molar-refractivity contribution in [3.63, 3.8) is 0 Å². The molecule has 1 rings (SSSR count). The number of hydrogen-bond donors (Lipinski definition) is 2. The maximum Gasteiger partial charge on any atom is 0.320 e. The van der Waals surface area contributed by atoms with Gasteiger partial charge in [-0.05, 0) is 18.8 Å². The van der Waals surface area contributed by atoms with Crippen LogP contribution in [0.15, 0.2) is 0 Å². The molecule has 2 N–H and O–H groups in total. The predicted molar refractivity (Wildman–Crippen MR) is 56.5 cm³/mol. The van der Waals surface area contributed by atoms with Crippen molar-refractivity contribution >= 4 is 15.8 Å². The highest BCUT2D eigenvalue weighted by Gasteiger charge is 2.35. The van der Waals surface area contributed by atoms with E-state index in [1.54, 1.807) is 6.92 Å². The molecule has 0 aromatic rings. The molecule has 0 amide bonds. The Labute approximate surface area is 89.8 Å². The predicted octanol–water partition coefficient (Wildman–Crippen LogP) is -0.126. The van der Waals surface area contributed by atoms with Crippen LogP contribution >= 0.6 is 0 Å². The Morgan fingerprint density at radius 3 is 2.53 bits per heavy atom. The topological polar surface area (TPSA) is 83.5 Å². The van der Waals surface area contributed by atoms with Crippen LogP contribution in [-0.2, 0) is 14.6 Å². The Morgan fingerprint density at radius 1 is 1.53 bits per heavy atom. The van der Waals surface area contributed by atoms with Gasteiger partial charge in [0, 0.05) is 12.3 Å². The zero-order chi connectivity index (χ0) is 11.5. The number of aliphatic carboxylic acids is 1. The van der Waals surface area contributed by atoms with Crippen molar-refractivity contribution in [2.45, 2.75) is 25.8 Å². The van der Waals surface area contributed by atoms with Crippen LogP contribution in [0, 0.1) is 5.92 Å². The van der Waals surface area contributed by atoms with Crippen LogP contribution < -0.4 is 5.32 Å². The Morgan fingerprint density at radius 2 is 2.13 bits per heavy atom. The third kappa shape index (κ3) is 4.17. The quantitative estimate of drug-likeness (QED) is 0.642. The molecule has 0 aromatic heterocycles. The second-order valence-electron chi connectivity index (χ2n) is 3.84. The first kappa shape index (κ1) is 12.4. The molecule has 0 bridgehead atoms. The van der Waals surface area contributed by atoms with Crippen LogP contribution in [-0.4, -0.2) is 43.6 Å². The monoisotopic (exact) mass is 235 g/mol. The van der Waals surface area contributed by atoms with Crippen molar-refractivity contribution in [1.82, 2.24) is 5.32 Å². The number of carboxylic acid groups (broad SMARTS) is 1. The summed E-state index contributed by atoms with van der Waals surface area (Å²) in [6.07, 6.45) is 1.84. The number of nitrogens with one attached hydrogen (secondary N) is 1. The van der Waals surface area contributed by atoms with Gasteiger partial charge >= 0.3 is 5.97 Å². The van der Waals surface area contributed by atoms with Crippen LogP contribution in [0.25, 0.3) is 0 Å².